The molecule has 2 aliphatic rings. The number of anilines is 2. The number of nitrogens with zero attached hydrogens (tertiary/aromatic N) is 2. The second-order valence-electron chi connectivity index (χ2n) is 8.63. The molecule has 0 radical (unpaired) electrons. The molecule has 37 heavy (non-hydrogen) atoms. The van der Waals surface area contributed by atoms with Gasteiger partial charge in [0.25, 0.3) is 10.0 Å². The number of ketones is 1. The van der Waals surface area contributed by atoms with E-state index in [0.29, 0.717) is 25.0 Å². The van der Waals surface area contributed by atoms with Gasteiger partial charge in [0.1, 0.15) is 22.2 Å². The van der Waals surface area contributed by atoms with Crippen molar-refractivity contribution in [3.63, 3.8) is 0 Å². The molecule has 0 bridgehead atoms. The molecule has 1 aromatic heterocycles. The lowest BCUT2D eigenvalue weighted by atomic mass is 9.89. The van der Waals surface area contributed by atoms with E-state index >= 15 is 0 Å². The van der Waals surface area contributed by atoms with E-state index in [0.717, 1.165) is 18.9 Å². The SMILES string of the molecule is Nc1nccc(C2=C(c3cc(Cl)cc(NS(=O)(=O)c4cc(F)ccc4F)c3Cl)C(=O)C3(CCCC3)O2)n1. The Bertz CT molecular complexity index is 1590. The summed E-state index contributed by atoms with van der Waals surface area (Å²) in [6.45, 7) is 0. The molecule has 0 atom stereocenters. The third-order valence-electron chi connectivity index (χ3n) is 6.22. The van der Waals surface area contributed by atoms with Crippen LogP contribution in [0.25, 0.3) is 11.3 Å². The van der Waals surface area contributed by atoms with Crippen molar-refractivity contribution in [3.8, 4) is 0 Å². The van der Waals surface area contributed by atoms with Crippen LogP contribution >= 0.6 is 23.2 Å². The number of sulfonamides is 1. The number of Topliss-reactive ketones (excluding diaryl/α,β-unsaturated/α-hetero) is 1. The van der Waals surface area contributed by atoms with Crippen LogP contribution in [0.4, 0.5) is 20.4 Å². The number of carbonyl (C=O) groups excluding carboxylic acids is 1. The van der Waals surface area contributed by atoms with Gasteiger partial charge in [0.2, 0.25) is 11.7 Å². The minimum Gasteiger partial charge on any atom is -0.476 e. The number of nitrogens with two attached hydrogens (primary N) is 1. The summed E-state index contributed by atoms with van der Waals surface area (Å²) in [6.07, 6.45) is 3.88. The Labute approximate surface area is 220 Å². The molecule has 0 amide bonds. The Morgan fingerprint density at radius 3 is 2.51 bits per heavy atom. The molecular formula is C24H18Cl2F2N4O4S. The molecule has 1 aliphatic carbocycles. The van der Waals surface area contributed by atoms with Gasteiger partial charge in [-0.25, -0.2) is 27.2 Å². The summed E-state index contributed by atoms with van der Waals surface area (Å²) >= 11 is 12.9. The molecule has 192 valence electrons. The van der Waals surface area contributed by atoms with Crippen LogP contribution in [-0.4, -0.2) is 29.8 Å². The maximum Gasteiger partial charge on any atom is 0.264 e. The van der Waals surface area contributed by atoms with Crippen LogP contribution < -0.4 is 10.5 Å². The average molecular weight is 567 g/mol. The molecule has 0 unspecified atom stereocenters. The summed E-state index contributed by atoms with van der Waals surface area (Å²) in [5.41, 5.74) is 4.73. The Hall–Kier alpha value is -3.28. The Kier molecular flexibility index (Phi) is 6.33. The van der Waals surface area contributed by atoms with Gasteiger partial charge in [-0.05, 0) is 62.1 Å². The highest BCUT2D eigenvalue weighted by Gasteiger charge is 2.52. The van der Waals surface area contributed by atoms with E-state index in [-0.39, 0.29) is 50.1 Å². The first-order valence-electron chi connectivity index (χ1n) is 11.0. The maximum atomic E-state index is 14.2. The first-order valence-corrected chi connectivity index (χ1v) is 13.3. The molecule has 5 rings (SSSR count). The third kappa shape index (κ3) is 4.51. The molecule has 3 aromatic rings. The molecule has 1 saturated carbocycles. The molecule has 2 aromatic carbocycles. The van der Waals surface area contributed by atoms with Gasteiger partial charge in [-0.3, -0.25) is 9.52 Å². The van der Waals surface area contributed by atoms with Crippen LogP contribution in [0, 0.1) is 11.6 Å². The molecule has 1 fully saturated rings. The van der Waals surface area contributed by atoms with E-state index in [9.17, 15) is 22.0 Å². The minimum absolute atomic E-state index is 0.0195. The Morgan fingerprint density at radius 1 is 1.08 bits per heavy atom. The molecule has 1 aliphatic heterocycles. The van der Waals surface area contributed by atoms with E-state index in [1.807, 2.05) is 0 Å². The molecule has 13 heteroatoms. The second-order valence-corrected chi connectivity index (χ2v) is 11.1. The third-order valence-corrected chi connectivity index (χ3v) is 8.22. The topological polar surface area (TPSA) is 124 Å². The van der Waals surface area contributed by atoms with Crippen molar-refractivity contribution in [1.29, 1.82) is 0 Å². The number of nitrogen functional groups attached to an aromatic ring is 1. The highest BCUT2D eigenvalue weighted by atomic mass is 35.5. The maximum absolute atomic E-state index is 14.2. The van der Waals surface area contributed by atoms with Crippen molar-refractivity contribution in [3.05, 3.63) is 75.5 Å². The van der Waals surface area contributed by atoms with Crippen LogP contribution in [0.2, 0.25) is 10.0 Å². The van der Waals surface area contributed by atoms with Crippen LogP contribution in [-0.2, 0) is 19.6 Å². The van der Waals surface area contributed by atoms with Crippen molar-refractivity contribution < 1.29 is 26.7 Å². The first-order chi connectivity index (χ1) is 17.5. The van der Waals surface area contributed by atoms with Gasteiger partial charge in [-0.2, -0.15) is 0 Å². The van der Waals surface area contributed by atoms with Crippen molar-refractivity contribution >= 4 is 62.0 Å². The number of ether oxygens (including phenoxy) is 1. The lowest BCUT2D eigenvalue weighted by Crippen LogP contribution is -2.33. The van der Waals surface area contributed by atoms with Crippen LogP contribution in [0.15, 0.2) is 47.5 Å². The Balaban J connectivity index is 1.66. The number of halogens is 4. The smallest absolute Gasteiger partial charge is 0.264 e. The molecule has 0 saturated heterocycles. The number of benzene rings is 2. The number of nitrogens with one attached hydrogen (secondary N) is 1. The van der Waals surface area contributed by atoms with Crippen molar-refractivity contribution in [2.45, 2.75) is 36.2 Å². The fourth-order valence-electron chi connectivity index (χ4n) is 4.55. The lowest BCUT2D eigenvalue weighted by molar-refractivity contribution is -0.127. The summed E-state index contributed by atoms with van der Waals surface area (Å²) in [5.74, 6) is -2.41. The summed E-state index contributed by atoms with van der Waals surface area (Å²) < 4.78 is 62.1. The van der Waals surface area contributed by atoms with Crippen LogP contribution in [0.1, 0.15) is 36.9 Å². The number of rotatable bonds is 5. The van der Waals surface area contributed by atoms with Crippen molar-refractivity contribution in [1.82, 2.24) is 9.97 Å². The summed E-state index contributed by atoms with van der Waals surface area (Å²) in [4.78, 5) is 20.9. The number of hydrogen-bond acceptors (Lipinski definition) is 7. The van der Waals surface area contributed by atoms with Crippen LogP contribution in [0.3, 0.4) is 0 Å². The second kappa shape index (κ2) is 9.23. The van der Waals surface area contributed by atoms with Gasteiger partial charge < -0.3 is 10.5 Å². The van der Waals surface area contributed by atoms with E-state index < -0.39 is 32.2 Å². The summed E-state index contributed by atoms with van der Waals surface area (Å²) in [6, 6.07) is 6.11. The summed E-state index contributed by atoms with van der Waals surface area (Å²) in [5, 5.41) is -0.183. The number of aromatic nitrogens is 2. The predicted molar refractivity (Wildman–Crippen MR) is 134 cm³/mol. The molecule has 1 spiro atoms. The number of hydrogen-bond donors (Lipinski definition) is 2. The Morgan fingerprint density at radius 2 is 1.81 bits per heavy atom. The predicted octanol–water partition coefficient (Wildman–Crippen LogP) is 5.23. The fraction of sp³-hybridized carbons (Fsp3) is 0.208. The van der Waals surface area contributed by atoms with Gasteiger partial charge in [0.05, 0.1) is 16.3 Å². The zero-order chi connectivity index (χ0) is 26.5. The lowest BCUT2D eigenvalue weighted by Gasteiger charge is -2.22. The van der Waals surface area contributed by atoms with Crippen LogP contribution in [0.5, 0.6) is 0 Å². The highest BCUT2D eigenvalue weighted by molar-refractivity contribution is 7.92. The first kappa shape index (κ1) is 25.4. The van der Waals surface area contributed by atoms with Gasteiger partial charge >= 0.3 is 0 Å². The van der Waals surface area contributed by atoms with E-state index in [4.69, 9.17) is 33.7 Å². The normalized spacial score (nSPS) is 16.9. The standard InChI is InChI=1S/C24H18Cl2F2N4O4S/c25-12-9-14(20(26)17(10-12)32-37(34,35)18-11-13(27)3-4-15(18)28)19-21(16-5-8-30-23(29)31-16)36-24(22(19)33)6-1-2-7-24/h3-5,8-11,32H,1-2,6-7H2,(H2,29,30,31). The zero-order valence-corrected chi connectivity index (χ0v) is 21.2. The van der Waals surface area contributed by atoms with Gasteiger partial charge in [-0.15, -0.1) is 0 Å². The van der Waals surface area contributed by atoms with Gasteiger partial charge in [0.15, 0.2) is 11.4 Å². The largest absolute Gasteiger partial charge is 0.476 e. The molecule has 2 heterocycles. The van der Waals surface area contributed by atoms with Crippen molar-refractivity contribution in [2.75, 3.05) is 10.5 Å². The molecular weight excluding hydrogens is 549 g/mol. The molecule has 3 N–H and O–H groups in total. The highest BCUT2D eigenvalue weighted by Crippen LogP contribution is 2.50. The average Bonchev–Trinajstić information content (AvgIpc) is 3.43. The van der Waals surface area contributed by atoms with Crippen molar-refractivity contribution in [2.24, 2.45) is 0 Å². The fourth-order valence-corrected chi connectivity index (χ4v) is 6.23. The monoisotopic (exact) mass is 566 g/mol. The van der Waals surface area contributed by atoms with E-state index in [2.05, 4.69) is 14.7 Å². The quantitative estimate of drug-likeness (QED) is 0.433. The molecule has 8 nitrogen and oxygen atoms in total. The minimum atomic E-state index is -4.63. The summed E-state index contributed by atoms with van der Waals surface area (Å²) in [7, 11) is -4.63. The van der Waals surface area contributed by atoms with E-state index in [1.54, 1.807) is 0 Å². The van der Waals surface area contributed by atoms with Gasteiger partial charge in [0, 0.05) is 16.8 Å². The van der Waals surface area contributed by atoms with Gasteiger partial charge in [-0.1, -0.05) is 23.2 Å². The zero-order valence-electron chi connectivity index (χ0n) is 18.9. The van der Waals surface area contributed by atoms with E-state index in [1.165, 1.54) is 24.4 Å². The number of carbonyl (C=O) groups is 1.